The zero-order valence-corrected chi connectivity index (χ0v) is 10.0. The van der Waals surface area contributed by atoms with E-state index in [2.05, 4.69) is 24.0 Å². The molecule has 1 unspecified atom stereocenters. The molecule has 82 valence electrons. The smallest absolute Gasteiger partial charge is 0.0647 e. The summed E-state index contributed by atoms with van der Waals surface area (Å²) in [5.41, 5.74) is 0. The maximum absolute atomic E-state index is 5.41. The third kappa shape index (κ3) is 2.26. The van der Waals surface area contributed by atoms with E-state index < -0.39 is 0 Å². The van der Waals surface area contributed by atoms with Gasteiger partial charge in [0.1, 0.15) is 0 Å². The van der Waals surface area contributed by atoms with Gasteiger partial charge in [0.15, 0.2) is 0 Å². The second-order valence-electron chi connectivity index (χ2n) is 4.73. The van der Waals surface area contributed by atoms with Crippen LogP contribution in [0.2, 0.25) is 0 Å². The molecule has 2 rings (SSSR count). The van der Waals surface area contributed by atoms with Gasteiger partial charge >= 0.3 is 0 Å². The first kappa shape index (κ1) is 10.8. The molecule has 1 atom stereocenters. The summed E-state index contributed by atoms with van der Waals surface area (Å²) in [7, 11) is 1.84. The Balaban J connectivity index is 1.86. The minimum Gasteiger partial charge on any atom is -0.381 e. The lowest BCUT2D eigenvalue weighted by Gasteiger charge is -2.44. The number of nitrogens with one attached hydrogen (secondary N) is 1. The molecule has 2 nitrogen and oxygen atoms in total. The van der Waals surface area contributed by atoms with Gasteiger partial charge in [-0.15, -0.1) is 11.8 Å². The van der Waals surface area contributed by atoms with E-state index in [1.165, 1.54) is 38.0 Å². The van der Waals surface area contributed by atoms with Gasteiger partial charge < -0.3 is 10.1 Å². The maximum Gasteiger partial charge on any atom is 0.0647 e. The number of methoxy groups -OCH3 is 1. The first-order valence-electron chi connectivity index (χ1n) is 5.66. The molecule has 0 amide bonds. The Labute approximate surface area is 91.2 Å². The van der Waals surface area contributed by atoms with Crippen LogP contribution in [0.25, 0.3) is 0 Å². The van der Waals surface area contributed by atoms with E-state index in [9.17, 15) is 0 Å². The summed E-state index contributed by atoms with van der Waals surface area (Å²) in [6.45, 7) is 3.53. The first-order chi connectivity index (χ1) is 6.74. The van der Waals surface area contributed by atoms with Crippen LogP contribution in [0, 0.1) is 5.92 Å². The molecule has 0 aromatic rings. The van der Waals surface area contributed by atoms with Crippen molar-refractivity contribution < 1.29 is 4.74 Å². The Morgan fingerprint density at radius 3 is 2.57 bits per heavy atom. The summed E-state index contributed by atoms with van der Waals surface area (Å²) in [5.74, 6) is 2.16. The van der Waals surface area contributed by atoms with Crippen molar-refractivity contribution in [3.63, 3.8) is 0 Å². The fourth-order valence-corrected chi connectivity index (χ4v) is 3.82. The van der Waals surface area contributed by atoms with Crippen LogP contribution >= 0.6 is 11.8 Å². The van der Waals surface area contributed by atoms with Crippen LogP contribution in [0.4, 0.5) is 0 Å². The van der Waals surface area contributed by atoms with Crippen molar-refractivity contribution in [1.29, 1.82) is 0 Å². The minimum atomic E-state index is 0.404. The molecule has 1 N–H and O–H groups in total. The Kier molecular flexibility index (Phi) is 3.40. The van der Waals surface area contributed by atoms with Gasteiger partial charge in [0.25, 0.3) is 0 Å². The van der Waals surface area contributed by atoms with E-state index in [0.717, 1.165) is 5.92 Å². The summed E-state index contributed by atoms with van der Waals surface area (Å²) in [4.78, 5) is 0.404. The predicted octanol–water partition coefficient (Wildman–Crippen LogP) is 2.24. The van der Waals surface area contributed by atoms with Crippen molar-refractivity contribution in [2.45, 2.75) is 43.6 Å². The van der Waals surface area contributed by atoms with Crippen LogP contribution in [0.3, 0.4) is 0 Å². The number of hydrogen-bond acceptors (Lipinski definition) is 3. The van der Waals surface area contributed by atoms with Crippen molar-refractivity contribution >= 4 is 11.8 Å². The van der Waals surface area contributed by atoms with Gasteiger partial charge in [0.2, 0.25) is 0 Å². The van der Waals surface area contributed by atoms with Gasteiger partial charge in [-0.1, -0.05) is 6.92 Å². The summed E-state index contributed by atoms with van der Waals surface area (Å²) < 4.78 is 5.41. The SMILES string of the molecule is COC1CCC2(CC1)NCC(C)CS2. The fraction of sp³-hybridized carbons (Fsp3) is 1.00. The van der Waals surface area contributed by atoms with Crippen LogP contribution in [0.5, 0.6) is 0 Å². The average Bonchev–Trinajstić information content (AvgIpc) is 2.24. The Bertz CT molecular complexity index is 180. The number of ether oxygens (including phenoxy) is 1. The van der Waals surface area contributed by atoms with Crippen LogP contribution in [-0.4, -0.2) is 30.4 Å². The molecule has 1 aliphatic carbocycles. The van der Waals surface area contributed by atoms with Crippen molar-refractivity contribution in [2.24, 2.45) is 5.92 Å². The standard InChI is InChI=1S/C11H21NOS/c1-9-7-12-11(14-8-9)5-3-10(13-2)4-6-11/h9-10,12H,3-8H2,1-2H3. The second kappa shape index (κ2) is 4.42. The third-order valence-corrected chi connectivity index (χ3v) is 5.33. The quantitative estimate of drug-likeness (QED) is 0.725. The highest BCUT2D eigenvalue weighted by molar-refractivity contribution is 8.00. The summed E-state index contributed by atoms with van der Waals surface area (Å²) in [6, 6.07) is 0. The van der Waals surface area contributed by atoms with E-state index in [4.69, 9.17) is 4.74 Å². The highest BCUT2D eigenvalue weighted by Crippen LogP contribution is 2.41. The lowest BCUT2D eigenvalue weighted by molar-refractivity contribution is 0.0569. The molecule has 2 aliphatic rings. The van der Waals surface area contributed by atoms with Gasteiger partial charge in [-0.3, -0.25) is 0 Å². The molecule has 1 saturated heterocycles. The molecule has 3 heteroatoms. The first-order valence-corrected chi connectivity index (χ1v) is 6.64. The lowest BCUT2D eigenvalue weighted by Crippen LogP contribution is -2.51. The molecule has 0 bridgehead atoms. The van der Waals surface area contributed by atoms with E-state index in [0.29, 0.717) is 11.0 Å². The Morgan fingerprint density at radius 1 is 1.36 bits per heavy atom. The van der Waals surface area contributed by atoms with Gasteiger partial charge in [-0.25, -0.2) is 0 Å². The second-order valence-corrected chi connectivity index (χ2v) is 6.13. The van der Waals surface area contributed by atoms with Crippen LogP contribution < -0.4 is 5.32 Å². The van der Waals surface area contributed by atoms with E-state index >= 15 is 0 Å². The van der Waals surface area contributed by atoms with Gasteiger partial charge in [-0.05, 0) is 43.9 Å². The third-order valence-electron chi connectivity index (χ3n) is 3.49. The van der Waals surface area contributed by atoms with Gasteiger partial charge in [0.05, 0.1) is 11.0 Å². The molecular formula is C11H21NOS. The van der Waals surface area contributed by atoms with Crippen LogP contribution in [0.15, 0.2) is 0 Å². The molecule has 0 aromatic heterocycles. The van der Waals surface area contributed by atoms with Gasteiger partial charge in [-0.2, -0.15) is 0 Å². The summed E-state index contributed by atoms with van der Waals surface area (Å²) >= 11 is 2.14. The normalized spacial score (nSPS) is 44.1. The largest absolute Gasteiger partial charge is 0.381 e. The van der Waals surface area contributed by atoms with Crippen molar-refractivity contribution in [2.75, 3.05) is 19.4 Å². The van der Waals surface area contributed by atoms with E-state index in [1.807, 2.05) is 7.11 Å². The van der Waals surface area contributed by atoms with Gasteiger partial charge in [0, 0.05) is 7.11 Å². The topological polar surface area (TPSA) is 21.3 Å². The molecule has 1 aliphatic heterocycles. The zero-order valence-electron chi connectivity index (χ0n) is 9.21. The predicted molar refractivity (Wildman–Crippen MR) is 61.6 cm³/mol. The highest BCUT2D eigenvalue weighted by atomic mass is 32.2. The lowest BCUT2D eigenvalue weighted by atomic mass is 9.91. The molecule has 14 heavy (non-hydrogen) atoms. The molecule has 1 heterocycles. The van der Waals surface area contributed by atoms with Crippen molar-refractivity contribution in [1.82, 2.24) is 5.32 Å². The Morgan fingerprint density at radius 2 is 2.07 bits per heavy atom. The summed E-state index contributed by atoms with van der Waals surface area (Å²) in [5, 5.41) is 3.74. The van der Waals surface area contributed by atoms with Crippen LogP contribution in [0.1, 0.15) is 32.6 Å². The molecule has 2 fully saturated rings. The molecule has 1 saturated carbocycles. The monoisotopic (exact) mass is 215 g/mol. The van der Waals surface area contributed by atoms with E-state index in [1.54, 1.807) is 0 Å². The minimum absolute atomic E-state index is 0.404. The fourth-order valence-electron chi connectivity index (χ4n) is 2.39. The Hall–Kier alpha value is 0.270. The van der Waals surface area contributed by atoms with Crippen molar-refractivity contribution in [3.05, 3.63) is 0 Å². The van der Waals surface area contributed by atoms with E-state index in [-0.39, 0.29) is 0 Å². The van der Waals surface area contributed by atoms with Crippen LogP contribution in [-0.2, 0) is 4.74 Å². The molecule has 0 aromatic carbocycles. The van der Waals surface area contributed by atoms with Crippen molar-refractivity contribution in [3.8, 4) is 0 Å². The molecule has 1 spiro atoms. The highest BCUT2D eigenvalue weighted by Gasteiger charge is 2.38. The molecule has 0 radical (unpaired) electrons. The zero-order chi connectivity index (χ0) is 10.0. The number of thioether (sulfide) groups is 1. The average molecular weight is 215 g/mol. The summed E-state index contributed by atoms with van der Waals surface area (Å²) in [6.07, 6.45) is 5.53. The number of rotatable bonds is 1. The maximum atomic E-state index is 5.41. The number of hydrogen-bond donors (Lipinski definition) is 1. The molecular weight excluding hydrogens is 194 g/mol.